The highest BCUT2D eigenvalue weighted by Gasteiger charge is 2.07. The predicted molar refractivity (Wildman–Crippen MR) is 135 cm³/mol. The van der Waals surface area contributed by atoms with Gasteiger partial charge >= 0.3 is 0 Å². The van der Waals surface area contributed by atoms with E-state index < -0.39 is 5.91 Å². The summed E-state index contributed by atoms with van der Waals surface area (Å²) in [6.45, 7) is 22.9. The van der Waals surface area contributed by atoms with Crippen molar-refractivity contribution in [2.24, 2.45) is 4.99 Å². The average molecular weight is 434 g/mol. The van der Waals surface area contributed by atoms with Gasteiger partial charge in [-0.25, -0.2) is 4.99 Å². The Balaban J connectivity index is -0.00000111. The van der Waals surface area contributed by atoms with Crippen LogP contribution in [0.25, 0.3) is 0 Å². The topological polar surface area (TPSA) is 70.6 Å². The maximum absolute atomic E-state index is 11.7. The number of thioether (sulfide) groups is 1. The number of aryl methyl sites for hydroxylation is 1. The molecule has 0 spiro atoms. The quantitative estimate of drug-likeness (QED) is 0.182. The van der Waals surface area contributed by atoms with Gasteiger partial charge in [-0.05, 0) is 25.5 Å². The molecule has 0 aliphatic heterocycles. The maximum atomic E-state index is 11.7. The first-order chi connectivity index (χ1) is 14.4. The lowest BCUT2D eigenvalue weighted by Crippen LogP contribution is -2.42. The largest absolute Gasteiger partial charge is 0.272 e. The summed E-state index contributed by atoms with van der Waals surface area (Å²) in [7, 11) is 0. The van der Waals surface area contributed by atoms with E-state index in [4.69, 9.17) is 0 Å². The summed E-state index contributed by atoms with van der Waals surface area (Å²) in [6, 6.07) is 7.76. The van der Waals surface area contributed by atoms with Crippen LogP contribution >= 0.6 is 11.8 Å². The van der Waals surface area contributed by atoms with Crippen molar-refractivity contribution >= 4 is 34.3 Å². The van der Waals surface area contributed by atoms with E-state index in [1.807, 2.05) is 79.7 Å². The Morgan fingerprint density at radius 1 is 1.07 bits per heavy atom. The minimum atomic E-state index is -0.475. The van der Waals surface area contributed by atoms with Crippen LogP contribution in [-0.2, 0) is 9.59 Å². The summed E-state index contributed by atoms with van der Waals surface area (Å²) in [5, 5.41) is 0.768. The molecule has 168 valence electrons. The number of benzene rings is 1. The van der Waals surface area contributed by atoms with Crippen LogP contribution in [0.2, 0.25) is 0 Å². The summed E-state index contributed by atoms with van der Waals surface area (Å²) in [5.41, 5.74) is 6.80. The normalized spacial score (nSPS) is 9.53. The molecule has 0 heterocycles. The van der Waals surface area contributed by atoms with E-state index in [9.17, 15) is 9.59 Å². The van der Waals surface area contributed by atoms with Gasteiger partial charge in [-0.1, -0.05) is 91.1 Å². The van der Waals surface area contributed by atoms with Crippen molar-refractivity contribution in [2.75, 3.05) is 5.75 Å². The van der Waals surface area contributed by atoms with Crippen molar-refractivity contribution in [3.63, 3.8) is 0 Å². The first-order valence-electron chi connectivity index (χ1n) is 10.2. The van der Waals surface area contributed by atoms with E-state index in [-0.39, 0.29) is 17.2 Å². The molecular formula is C24H39N3O2S. The van der Waals surface area contributed by atoms with Gasteiger partial charge in [0, 0.05) is 5.57 Å². The molecule has 30 heavy (non-hydrogen) atoms. The van der Waals surface area contributed by atoms with Crippen molar-refractivity contribution in [1.29, 1.82) is 0 Å². The zero-order chi connectivity index (χ0) is 23.9. The number of nitrogens with one attached hydrogen (secondary N) is 2. The fourth-order valence-electron chi connectivity index (χ4n) is 1.56. The Labute approximate surface area is 187 Å². The minimum Gasteiger partial charge on any atom is -0.272 e. The molecule has 1 aromatic rings. The Morgan fingerprint density at radius 3 is 2.17 bits per heavy atom. The molecule has 0 bridgehead atoms. The molecule has 0 saturated heterocycles. The lowest BCUT2D eigenvalue weighted by molar-refractivity contribution is -0.125. The first-order valence-corrected chi connectivity index (χ1v) is 11.2. The molecule has 1 rings (SSSR count). The Bertz CT molecular complexity index is 695. The Hall–Kier alpha value is -2.60. The second kappa shape index (κ2) is 22.7. The van der Waals surface area contributed by atoms with Gasteiger partial charge in [0.2, 0.25) is 5.91 Å². The number of hydrogen-bond acceptors (Lipinski definition) is 4. The van der Waals surface area contributed by atoms with Gasteiger partial charge in [0.25, 0.3) is 5.91 Å². The number of amides is 2. The third-order valence-electron chi connectivity index (χ3n) is 2.85. The third kappa shape index (κ3) is 16.4. The third-order valence-corrected chi connectivity index (χ3v) is 3.76. The van der Waals surface area contributed by atoms with E-state index in [1.54, 1.807) is 6.08 Å². The molecule has 1 aromatic carbocycles. The number of nitrogens with zero attached hydrogens (tertiary/aromatic N) is 1. The van der Waals surface area contributed by atoms with Crippen LogP contribution in [0.3, 0.4) is 0 Å². The minimum absolute atomic E-state index is 0.149. The van der Waals surface area contributed by atoms with Crippen molar-refractivity contribution in [3.05, 3.63) is 66.8 Å². The number of carbonyl (C=O) groups is 2. The number of rotatable bonds is 6. The molecule has 0 aliphatic rings. The molecule has 0 fully saturated rings. The van der Waals surface area contributed by atoms with Crippen molar-refractivity contribution in [2.45, 2.75) is 55.4 Å². The van der Waals surface area contributed by atoms with E-state index in [0.29, 0.717) is 0 Å². The van der Waals surface area contributed by atoms with Gasteiger partial charge in [0.15, 0.2) is 0 Å². The smallest absolute Gasteiger partial charge is 0.269 e. The van der Waals surface area contributed by atoms with Crippen LogP contribution in [-0.4, -0.2) is 22.6 Å². The lowest BCUT2D eigenvalue weighted by Gasteiger charge is -2.07. The summed E-state index contributed by atoms with van der Waals surface area (Å²) in [6.07, 6.45) is 4.62. The predicted octanol–water partition coefficient (Wildman–Crippen LogP) is 6.30. The monoisotopic (exact) mass is 433 g/mol. The Morgan fingerprint density at radius 2 is 1.63 bits per heavy atom. The average Bonchev–Trinajstić information content (AvgIpc) is 2.80. The molecule has 0 radical (unpaired) electrons. The molecular weight excluding hydrogens is 394 g/mol. The lowest BCUT2D eigenvalue weighted by atomic mass is 10.2. The number of aliphatic imine (C=N–C) groups is 1. The molecule has 6 heteroatoms. The fourth-order valence-corrected chi connectivity index (χ4v) is 2.14. The summed E-state index contributed by atoms with van der Waals surface area (Å²) in [4.78, 5) is 27.8. The number of allylic oxidation sites excluding steroid dienone is 2. The molecule has 0 saturated carbocycles. The van der Waals surface area contributed by atoms with Gasteiger partial charge in [-0.15, -0.1) is 11.8 Å². The van der Waals surface area contributed by atoms with Crippen LogP contribution < -0.4 is 10.9 Å². The van der Waals surface area contributed by atoms with Crippen molar-refractivity contribution in [1.82, 2.24) is 10.9 Å². The highest BCUT2D eigenvalue weighted by atomic mass is 32.2. The number of hydrazine groups is 1. The van der Waals surface area contributed by atoms with Gasteiger partial charge in [0.05, 0.1) is 16.5 Å². The molecule has 2 N–H and O–H groups in total. The van der Waals surface area contributed by atoms with Gasteiger partial charge in [0.1, 0.15) is 0 Å². The highest BCUT2D eigenvalue weighted by Crippen LogP contribution is 2.19. The van der Waals surface area contributed by atoms with Crippen molar-refractivity contribution in [3.8, 4) is 0 Å². The molecule has 2 amide bonds. The van der Waals surface area contributed by atoms with E-state index in [2.05, 4.69) is 29.0 Å². The summed E-state index contributed by atoms with van der Waals surface area (Å²) in [5.74, 6) is -0.652. The highest BCUT2D eigenvalue weighted by molar-refractivity contribution is 8.14. The zero-order valence-corrected chi connectivity index (χ0v) is 20.7. The summed E-state index contributed by atoms with van der Waals surface area (Å²) >= 11 is 1.30. The number of para-hydroxylation sites is 1. The first kappa shape index (κ1) is 32.1. The SMILES string of the molecule is C=C/C=C\C(=C)C(=O)NNC(=O)CSC(C)=Nc1ccccc1C.CC.CC.CC. The zero-order valence-electron chi connectivity index (χ0n) is 19.8. The molecule has 0 aromatic heterocycles. The standard InChI is InChI=1S/C18H21N3O2S.3C2H6/c1-5-6-9-14(3)18(23)21-20-17(22)12-24-15(4)19-16-11-8-7-10-13(16)2;3*1-2/h5-11H,1,3,12H2,2,4H3,(H,20,22)(H,21,23);3*1-2H3/b9-6-,19-15?;;;. The molecule has 0 atom stereocenters. The van der Waals surface area contributed by atoms with Crippen LogP contribution in [0.1, 0.15) is 54.0 Å². The van der Waals surface area contributed by atoms with Crippen LogP contribution in [0.4, 0.5) is 5.69 Å². The van der Waals surface area contributed by atoms with E-state index >= 15 is 0 Å². The van der Waals surface area contributed by atoms with Gasteiger partial charge in [-0.3, -0.25) is 20.4 Å². The Kier molecular flexibility index (Phi) is 24.3. The van der Waals surface area contributed by atoms with E-state index in [1.165, 1.54) is 23.9 Å². The number of hydrogen-bond donors (Lipinski definition) is 2. The second-order valence-electron chi connectivity index (χ2n) is 4.83. The van der Waals surface area contributed by atoms with E-state index in [0.717, 1.165) is 16.3 Å². The van der Waals surface area contributed by atoms with Gasteiger partial charge in [-0.2, -0.15) is 0 Å². The number of carbonyl (C=O) groups excluding carboxylic acids is 2. The maximum Gasteiger partial charge on any atom is 0.269 e. The summed E-state index contributed by atoms with van der Waals surface area (Å²) < 4.78 is 0. The molecule has 0 aliphatic carbocycles. The van der Waals surface area contributed by atoms with Crippen LogP contribution in [0.5, 0.6) is 0 Å². The fraction of sp³-hybridized carbons (Fsp3) is 0.375. The van der Waals surface area contributed by atoms with Crippen LogP contribution in [0.15, 0.2) is 66.2 Å². The van der Waals surface area contributed by atoms with Gasteiger partial charge < -0.3 is 0 Å². The molecule has 5 nitrogen and oxygen atoms in total. The molecule has 0 unspecified atom stereocenters. The second-order valence-corrected chi connectivity index (χ2v) is 6.00. The van der Waals surface area contributed by atoms with Crippen molar-refractivity contribution < 1.29 is 9.59 Å². The van der Waals surface area contributed by atoms with Crippen LogP contribution in [0, 0.1) is 6.92 Å².